The Morgan fingerprint density at radius 1 is 1.18 bits per heavy atom. The minimum absolute atomic E-state index is 0.223. The van der Waals surface area contributed by atoms with Crippen molar-refractivity contribution in [1.82, 2.24) is 0 Å². The summed E-state index contributed by atoms with van der Waals surface area (Å²) in [6.45, 7) is 0.243. The molecule has 0 radical (unpaired) electrons. The number of nitrogens with zero attached hydrogens (tertiary/aromatic N) is 1. The summed E-state index contributed by atoms with van der Waals surface area (Å²) in [5.74, 6) is 0.468. The maximum absolute atomic E-state index is 13.1. The van der Waals surface area contributed by atoms with Crippen LogP contribution in [0.2, 0.25) is 5.02 Å². The molecule has 3 aromatic carbocycles. The number of carbonyl (C=O) groups excluding carboxylic acids is 1. The number of thiocarbonyl (C=S) groups is 1. The Hall–Kier alpha value is -2.39. The van der Waals surface area contributed by atoms with E-state index in [0.717, 1.165) is 11.1 Å². The molecule has 0 N–H and O–H groups in total. The average molecular weight is 565 g/mol. The molecule has 0 aliphatic carbocycles. The van der Waals surface area contributed by atoms with Crippen LogP contribution in [0.15, 0.2) is 70.0 Å². The first-order valence-electron chi connectivity index (χ1n) is 9.64. The summed E-state index contributed by atoms with van der Waals surface area (Å²) >= 11 is 16.2. The maximum Gasteiger partial charge on any atom is 0.270 e. The van der Waals surface area contributed by atoms with Gasteiger partial charge < -0.3 is 9.47 Å². The molecule has 3 aromatic rings. The molecule has 0 atom stereocenters. The van der Waals surface area contributed by atoms with Gasteiger partial charge in [-0.1, -0.05) is 53.8 Å². The number of hydrogen-bond acceptors (Lipinski definition) is 5. The lowest BCUT2D eigenvalue weighted by Crippen LogP contribution is -2.27. The molecule has 4 nitrogen and oxygen atoms in total. The molecule has 1 fully saturated rings. The molecule has 1 heterocycles. The topological polar surface area (TPSA) is 38.8 Å². The van der Waals surface area contributed by atoms with E-state index in [9.17, 15) is 9.18 Å². The molecular formula is C24H16BrClFNO3S2. The van der Waals surface area contributed by atoms with E-state index < -0.39 is 0 Å². The van der Waals surface area contributed by atoms with E-state index >= 15 is 0 Å². The Kier molecular flexibility index (Phi) is 7.38. The summed E-state index contributed by atoms with van der Waals surface area (Å²) in [7, 11) is 1.54. The van der Waals surface area contributed by atoms with E-state index in [4.69, 9.17) is 33.3 Å². The van der Waals surface area contributed by atoms with Gasteiger partial charge in [0, 0.05) is 5.02 Å². The maximum atomic E-state index is 13.1. The molecule has 0 aromatic heterocycles. The molecule has 1 saturated heterocycles. The highest BCUT2D eigenvalue weighted by Gasteiger charge is 2.33. The predicted octanol–water partition coefficient (Wildman–Crippen LogP) is 7.24. The van der Waals surface area contributed by atoms with E-state index in [-0.39, 0.29) is 18.3 Å². The molecule has 1 aliphatic heterocycles. The second-order valence-corrected chi connectivity index (χ2v) is 9.91. The molecule has 168 valence electrons. The molecule has 1 amide bonds. The summed E-state index contributed by atoms with van der Waals surface area (Å²) in [6, 6.07) is 16.7. The highest BCUT2D eigenvalue weighted by atomic mass is 79.9. The number of anilines is 1. The summed E-state index contributed by atoms with van der Waals surface area (Å²) in [5.41, 5.74) is 2.18. The zero-order chi connectivity index (χ0) is 23.5. The fraction of sp³-hybridized carbons (Fsp3) is 0.0833. The number of halogens is 3. The van der Waals surface area contributed by atoms with Crippen molar-refractivity contribution >= 4 is 73.5 Å². The van der Waals surface area contributed by atoms with Crippen molar-refractivity contribution in [3.63, 3.8) is 0 Å². The monoisotopic (exact) mass is 563 g/mol. The highest BCUT2D eigenvalue weighted by molar-refractivity contribution is 9.10. The highest BCUT2D eigenvalue weighted by Crippen LogP contribution is 2.40. The summed E-state index contributed by atoms with van der Waals surface area (Å²) in [6.07, 6.45) is 1.75. The van der Waals surface area contributed by atoms with Crippen LogP contribution < -0.4 is 14.4 Å². The number of thioether (sulfide) groups is 1. The Bertz CT molecular complexity index is 1270. The fourth-order valence-electron chi connectivity index (χ4n) is 3.16. The first-order valence-corrected chi connectivity index (χ1v) is 12.0. The van der Waals surface area contributed by atoms with Gasteiger partial charge in [0.25, 0.3) is 5.91 Å². The van der Waals surface area contributed by atoms with Crippen molar-refractivity contribution in [1.29, 1.82) is 0 Å². The molecular weight excluding hydrogens is 549 g/mol. The number of carbonyl (C=O) groups is 1. The minimum Gasteiger partial charge on any atom is -0.493 e. The van der Waals surface area contributed by atoms with Crippen molar-refractivity contribution in [3.05, 3.63) is 92.0 Å². The molecule has 33 heavy (non-hydrogen) atoms. The Labute approximate surface area is 213 Å². The lowest BCUT2D eigenvalue weighted by molar-refractivity contribution is -0.113. The van der Waals surface area contributed by atoms with E-state index in [0.29, 0.717) is 35.9 Å². The van der Waals surface area contributed by atoms with Gasteiger partial charge in [0.1, 0.15) is 12.4 Å². The van der Waals surface area contributed by atoms with Crippen LogP contribution in [0.3, 0.4) is 0 Å². The third-order valence-electron chi connectivity index (χ3n) is 4.71. The summed E-state index contributed by atoms with van der Waals surface area (Å²) < 4.78 is 25.6. The number of benzene rings is 3. The van der Waals surface area contributed by atoms with Gasteiger partial charge in [-0.25, -0.2) is 4.39 Å². The molecule has 0 saturated carbocycles. The molecule has 4 rings (SSSR count). The first-order chi connectivity index (χ1) is 15.9. The van der Waals surface area contributed by atoms with E-state index in [1.54, 1.807) is 48.5 Å². The number of rotatable bonds is 6. The van der Waals surface area contributed by atoms with E-state index in [2.05, 4.69) is 15.9 Å². The van der Waals surface area contributed by atoms with Gasteiger partial charge >= 0.3 is 0 Å². The van der Waals surface area contributed by atoms with Gasteiger partial charge in [-0.15, -0.1) is 0 Å². The second-order valence-electron chi connectivity index (χ2n) is 6.95. The van der Waals surface area contributed by atoms with Crippen molar-refractivity contribution in [2.75, 3.05) is 12.0 Å². The third kappa shape index (κ3) is 5.41. The van der Waals surface area contributed by atoms with Crippen molar-refractivity contribution in [2.45, 2.75) is 6.61 Å². The average Bonchev–Trinajstić information content (AvgIpc) is 3.06. The Morgan fingerprint density at radius 2 is 1.94 bits per heavy atom. The SMILES string of the molecule is COc1cc(/C=C2\SC(=S)N(c3cccc(Cl)c3)C2=O)cc(Br)c1OCc1ccc(F)cc1. The van der Waals surface area contributed by atoms with Gasteiger partial charge in [-0.2, -0.15) is 0 Å². The molecule has 0 spiro atoms. The van der Waals surface area contributed by atoms with Crippen molar-refractivity contribution in [3.8, 4) is 11.5 Å². The number of amides is 1. The molecule has 0 unspecified atom stereocenters. The van der Waals surface area contributed by atoms with Crippen molar-refractivity contribution in [2.24, 2.45) is 0 Å². The number of ether oxygens (including phenoxy) is 2. The molecule has 1 aliphatic rings. The van der Waals surface area contributed by atoms with Crippen LogP contribution >= 0.6 is 51.5 Å². The van der Waals surface area contributed by atoms with Crippen LogP contribution in [-0.4, -0.2) is 17.3 Å². The van der Waals surface area contributed by atoms with E-state index in [1.165, 1.54) is 35.9 Å². The number of methoxy groups -OCH3 is 1. The Morgan fingerprint density at radius 3 is 2.64 bits per heavy atom. The van der Waals surface area contributed by atoms with Gasteiger partial charge in [-0.05, 0) is 75.6 Å². The van der Waals surface area contributed by atoms with Gasteiger partial charge in [0.2, 0.25) is 0 Å². The zero-order valence-corrected chi connectivity index (χ0v) is 21.2. The Balaban J connectivity index is 1.58. The van der Waals surface area contributed by atoms with E-state index in [1.807, 2.05) is 6.07 Å². The lowest BCUT2D eigenvalue weighted by Gasteiger charge is -2.15. The second kappa shape index (κ2) is 10.3. The van der Waals surface area contributed by atoms with Crippen LogP contribution in [0, 0.1) is 5.82 Å². The minimum atomic E-state index is -0.303. The summed E-state index contributed by atoms with van der Waals surface area (Å²) in [4.78, 5) is 15.0. The lowest BCUT2D eigenvalue weighted by atomic mass is 10.1. The van der Waals surface area contributed by atoms with Gasteiger partial charge in [0.05, 0.1) is 22.2 Å². The molecule has 9 heteroatoms. The smallest absolute Gasteiger partial charge is 0.270 e. The predicted molar refractivity (Wildman–Crippen MR) is 139 cm³/mol. The standard InChI is InChI=1S/C24H16BrClFNO3S2/c1-30-20-10-15(9-19(25)22(20)31-13-14-5-7-17(27)8-6-14)11-21-23(29)28(24(32)33-21)18-4-2-3-16(26)12-18/h2-12H,13H2,1H3/b21-11-. The fourth-order valence-corrected chi connectivity index (χ4v) is 5.21. The summed E-state index contributed by atoms with van der Waals surface area (Å²) in [5, 5.41) is 0.524. The van der Waals surface area contributed by atoms with Crippen LogP contribution in [0.5, 0.6) is 11.5 Å². The third-order valence-corrected chi connectivity index (χ3v) is 6.83. The largest absolute Gasteiger partial charge is 0.493 e. The zero-order valence-electron chi connectivity index (χ0n) is 17.2. The normalized spacial score (nSPS) is 14.8. The first kappa shape index (κ1) is 23.8. The van der Waals surface area contributed by atoms with Crippen molar-refractivity contribution < 1.29 is 18.7 Å². The van der Waals surface area contributed by atoms with Crippen LogP contribution in [0.25, 0.3) is 6.08 Å². The molecule has 0 bridgehead atoms. The quantitative estimate of drug-likeness (QED) is 0.233. The van der Waals surface area contributed by atoms with Crippen LogP contribution in [0.4, 0.5) is 10.1 Å². The number of hydrogen-bond donors (Lipinski definition) is 0. The van der Waals surface area contributed by atoms with Gasteiger partial charge in [-0.3, -0.25) is 9.69 Å². The van der Waals surface area contributed by atoms with Gasteiger partial charge in [0.15, 0.2) is 15.8 Å². The van der Waals surface area contributed by atoms with Crippen LogP contribution in [0.1, 0.15) is 11.1 Å². The van der Waals surface area contributed by atoms with Crippen LogP contribution in [-0.2, 0) is 11.4 Å².